The summed E-state index contributed by atoms with van der Waals surface area (Å²) in [4.78, 5) is 4.87. The topological polar surface area (TPSA) is 35.9 Å². The van der Waals surface area contributed by atoms with Crippen molar-refractivity contribution in [2.75, 3.05) is 0 Å². The molecule has 15 aromatic rings. The summed E-state index contributed by atoms with van der Waals surface area (Å²) < 4.78 is 242. The molecule has 7 heteroatoms. The monoisotopic (exact) mass is 1420 g/mol. The number of imidazole rings is 1. The number of benzene rings is 12. The van der Waals surface area contributed by atoms with Gasteiger partial charge in [-0.15, -0.1) is 29.7 Å². The SMILES string of the molecule is [2H]c1c([2H])c([2H])c(-c2cccc3c2-c2ccccc2-c2cc(-c4c([2H])c([2H])c([2H])c([Si](c5c([2H])c([2H])c([2H])c([2H])c5[2H])(c5c([2H])c([2H])c([2H])c([2H])c5[2H])c5c([2H])c([2H])c([2H])c([2H])c5[2H])c4[2H])cc4c2[n+]([c-]n4-c2[c-]c(Oc4[c-]c5c(cc4)c4ccccc4n5-c4cc(C(C)(C)C)ccn4)ccc2)-c2c-3cccc2C(C)(C)C)c([2H])c1[2H].[Pt]. The molecule has 0 N–H and O–H groups in total. The Morgan fingerprint density at radius 1 is 0.473 bits per heavy atom. The molecule has 1 aliphatic rings. The van der Waals surface area contributed by atoms with Crippen LogP contribution in [-0.4, -0.2) is 22.2 Å². The molecule has 3 aromatic heterocycles. The van der Waals surface area contributed by atoms with Crippen LogP contribution in [0.2, 0.25) is 0 Å². The van der Waals surface area contributed by atoms with Crippen molar-refractivity contribution in [3.8, 4) is 84.3 Å². The molecule has 16 rings (SSSR count). The van der Waals surface area contributed by atoms with E-state index < -0.39 is 185 Å². The summed E-state index contributed by atoms with van der Waals surface area (Å²) in [5, 5.41) is -2.19. The van der Waals surface area contributed by atoms with Crippen molar-refractivity contribution in [1.82, 2.24) is 14.1 Å². The van der Waals surface area contributed by atoms with E-state index in [1.54, 1.807) is 83.6 Å². The molecule has 0 atom stereocenters. The molecule has 0 fully saturated rings. The van der Waals surface area contributed by atoms with Gasteiger partial charge < -0.3 is 13.9 Å². The summed E-state index contributed by atoms with van der Waals surface area (Å²) in [5.41, 5.74) is 5.57. The van der Waals surface area contributed by atoms with E-state index in [-0.39, 0.29) is 71.4 Å². The Morgan fingerprint density at radius 3 is 1.78 bits per heavy atom. The fourth-order valence-electron chi connectivity index (χ4n) is 12.8. The van der Waals surface area contributed by atoms with Crippen molar-refractivity contribution < 1.29 is 63.3 Å². The molecule has 1 aliphatic heterocycles. The van der Waals surface area contributed by atoms with Crippen LogP contribution in [0.15, 0.2) is 291 Å². The Labute approximate surface area is 593 Å². The minimum absolute atomic E-state index is 0. The summed E-state index contributed by atoms with van der Waals surface area (Å²) in [5.74, 6) is 1.12. The average Bonchev–Trinajstić information content (AvgIpc) is 1.38. The predicted molar refractivity (Wildman–Crippen MR) is 382 cm³/mol. The molecule has 0 radical (unpaired) electrons. The second-order valence-corrected chi connectivity index (χ2v) is 28.0. The third kappa shape index (κ3) is 10.1. The number of para-hydroxylation sites is 2. The van der Waals surface area contributed by atoms with Gasteiger partial charge in [-0.2, -0.15) is 18.2 Å². The zero-order valence-corrected chi connectivity index (χ0v) is 54.1. The van der Waals surface area contributed by atoms with Crippen molar-refractivity contribution in [2.24, 2.45) is 0 Å². The first-order valence-electron chi connectivity index (χ1n) is 41.8. The van der Waals surface area contributed by atoms with Crippen LogP contribution < -0.4 is 30.1 Å². The standard InChI is InChI=1S/C86H66N4OSi.Pt/c1-85(2,3)61-49-50-87-81(54-61)90-78-46-22-21-40-71(78)72-48-47-64(56-79(72)90)91-63-31-24-30-62(55-63)88-57-89-83-75(44-26-45-77(83)86(4,5)6)74-43-25-42-69(58-27-11-7-12-28-58)82(74)73-41-20-19-39-70(73)76-52-60(53-80(88)84(76)89)59-29-23-38-68(51-59)92(65-32-13-8-14-33-65,66-34-15-9-16-35-66)67-36-17-10-18-37-67;/h7-54H,1-6H3;/q-2;/i7D,8D,9D,10D,11D,12D,13D,14D,15D,16D,17D,18D,23D,27D,28D,29D,32D,33D,34D,35D,36D,37D,38D,51D;. The van der Waals surface area contributed by atoms with Crippen LogP contribution in [0.4, 0.5) is 0 Å². The Balaban J connectivity index is 0.0000107. The molecule has 4 heterocycles. The number of ether oxygens (including phenoxy) is 1. The van der Waals surface area contributed by atoms with Crippen LogP contribution in [0, 0.1) is 18.5 Å². The van der Waals surface area contributed by atoms with E-state index in [2.05, 4.69) is 45.3 Å². The van der Waals surface area contributed by atoms with Crippen molar-refractivity contribution in [1.29, 1.82) is 0 Å². The van der Waals surface area contributed by atoms with Gasteiger partial charge >= 0.3 is 0 Å². The van der Waals surface area contributed by atoms with E-state index in [0.29, 0.717) is 50.4 Å². The third-order valence-electron chi connectivity index (χ3n) is 17.0. The Kier molecular flexibility index (Phi) is 9.57. The van der Waals surface area contributed by atoms with Gasteiger partial charge in [-0.25, -0.2) is 4.98 Å². The Hall–Kier alpha value is -10.2. The largest absolute Gasteiger partial charge is 0.510 e. The van der Waals surface area contributed by atoms with Gasteiger partial charge in [0.15, 0.2) is 8.07 Å². The fraction of sp³-hybridized carbons (Fsp3) is 0.0930. The van der Waals surface area contributed by atoms with Crippen molar-refractivity contribution in [3.63, 3.8) is 0 Å². The predicted octanol–water partition coefficient (Wildman–Crippen LogP) is 18.2. The zero-order valence-electron chi connectivity index (χ0n) is 74.9. The van der Waals surface area contributed by atoms with E-state index in [9.17, 15) is 24.7 Å². The quantitative estimate of drug-likeness (QED) is 0.0592. The molecule has 93 heavy (non-hydrogen) atoms. The van der Waals surface area contributed by atoms with Crippen LogP contribution in [0.5, 0.6) is 11.5 Å². The van der Waals surface area contributed by atoms with Crippen molar-refractivity contribution in [3.05, 3.63) is 320 Å². The summed E-state index contributed by atoms with van der Waals surface area (Å²) in [6.07, 6.45) is 5.49. The molecule has 0 amide bonds. The molecule has 0 bridgehead atoms. The van der Waals surface area contributed by atoms with E-state index in [1.165, 1.54) is 0 Å². The number of aromatic nitrogens is 4. The second kappa shape index (κ2) is 23.5. The first-order chi connectivity index (χ1) is 54.9. The zero-order chi connectivity index (χ0) is 83.2. The molecule has 0 saturated heterocycles. The average molecular weight is 1420 g/mol. The number of hydrogen-bond acceptors (Lipinski definition) is 2. The molecule has 0 saturated carbocycles. The fourth-order valence-corrected chi connectivity index (χ4v) is 16.4. The van der Waals surface area contributed by atoms with Crippen LogP contribution in [-0.2, 0) is 31.9 Å². The summed E-state index contributed by atoms with van der Waals surface area (Å²) in [6, 6.07) is 25.5. The van der Waals surface area contributed by atoms with Gasteiger partial charge in [-0.05, 0) is 134 Å². The number of rotatable bonds is 10. The molecule has 0 aliphatic carbocycles. The number of fused-ring (bicyclic) bond motifs is 10. The Morgan fingerprint density at radius 2 is 1.08 bits per heavy atom. The minimum Gasteiger partial charge on any atom is -0.510 e. The van der Waals surface area contributed by atoms with Gasteiger partial charge in [0, 0.05) is 44.3 Å². The second-order valence-electron chi connectivity index (χ2n) is 24.5. The number of hydrogen-bond donors (Lipinski definition) is 0. The molecular formula is C86H66N4OPtSi-2. The Bertz CT molecular complexity index is 6580. The van der Waals surface area contributed by atoms with Gasteiger partial charge in [-0.3, -0.25) is 4.57 Å². The molecular weight excluding hydrogens is 1330 g/mol. The molecule has 5 nitrogen and oxygen atoms in total. The maximum Gasteiger partial charge on any atom is 0.268 e. The maximum atomic E-state index is 11.1. The molecule has 12 aromatic carbocycles. The molecule has 452 valence electrons. The van der Waals surface area contributed by atoms with Gasteiger partial charge in [0.05, 0.1) is 49.6 Å². The van der Waals surface area contributed by atoms with Gasteiger partial charge in [0.2, 0.25) is 0 Å². The first-order valence-corrected chi connectivity index (χ1v) is 31.8. The van der Waals surface area contributed by atoms with Gasteiger partial charge in [0.25, 0.3) is 6.33 Å². The molecule has 0 spiro atoms. The van der Waals surface area contributed by atoms with E-state index >= 15 is 0 Å². The van der Waals surface area contributed by atoms with E-state index in [4.69, 9.17) is 17.9 Å². The van der Waals surface area contributed by atoms with Crippen LogP contribution >= 0.6 is 0 Å². The van der Waals surface area contributed by atoms with Crippen molar-refractivity contribution >= 4 is 61.7 Å². The maximum absolute atomic E-state index is 11.1. The summed E-state index contributed by atoms with van der Waals surface area (Å²) in [7, 11) is -6.38. The smallest absolute Gasteiger partial charge is 0.268 e. The first kappa shape index (κ1) is 37.9. The summed E-state index contributed by atoms with van der Waals surface area (Å²) >= 11 is 0. The third-order valence-corrected chi connectivity index (χ3v) is 21.0. The van der Waals surface area contributed by atoms with Gasteiger partial charge in [-0.1, -0.05) is 277 Å². The minimum atomic E-state index is -6.38. The van der Waals surface area contributed by atoms with Gasteiger partial charge in [0.1, 0.15) is 5.82 Å². The van der Waals surface area contributed by atoms with Crippen LogP contribution in [0.1, 0.15) is 85.6 Å². The number of nitrogens with zero attached hydrogens (tertiary/aromatic N) is 4. The van der Waals surface area contributed by atoms with E-state index in [0.717, 1.165) is 27.4 Å². The normalized spacial score (nSPS) is 15.7. The molecule has 0 unspecified atom stereocenters. The van der Waals surface area contributed by atoms with Crippen molar-refractivity contribution in [2.45, 2.75) is 52.4 Å². The van der Waals surface area contributed by atoms with Crippen LogP contribution in [0.3, 0.4) is 0 Å². The number of pyridine rings is 1. The van der Waals surface area contributed by atoms with Crippen LogP contribution in [0.25, 0.3) is 106 Å². The van der Waals surface area contributed by atoms with E-state index in [1.807, 2.05) is 90.6 Å². The summed E-state index contributed by atoms with van der Waals surface area (Å²) in [6.45, 7) is 12.4.